The fourth-order valence-electron chi connectivity index (χ4n) is 2.87. The van der Waals surface area contributed by atoms with Gasteiger partial charge < -0.3 is 30.9 Å². The summed E-state index contributed by atoms with van der Waals surface area (Å²) in [5.74, 6) is -0.918. The summed E-state index contributed by atoms with van der Waals surface area (Å²) in [4.78, 5) is 16.1. The monoisotopic (exact) mass is 396 g/mol. The van der Waals surface area contributed by atoms with Gasteiger partial charge in [0.15, 0.2) is 12.4 Å². The Labute approximate surface area is 161 Å². The van der Waals surface area contributed by atoms with Crippen molar-refractivity contribution in [2.75, 3.05) is 13.2 Å². The van der Waals surface area contributed by atoms with Gasteiger partial charge in [-0.3, -0.25) is 4.79 Å². The van der Waals surface area contributed by atoms with Crippen LogP contribution in [0.5, 0.6) is 0 Å². The smallest absolute Gasteiger partial charge is 0.323 e. The van der Waals surface area contributed by atoms with Crippen LogP contribution >= 0.6 is 0 Å². The average molecular weight is 396 g/mol. The number of ether oxygens (including phenoxy) is 2. The van der Waals surface area contributed by atoms with Gasteiger partial charge in [0.2, 0.25) is 0 Å². The number of allylic oxidation sites excluding steroid dienone is 2. The first kappa shape index (κ1) is 21.7. The van der Waals surface area contributed by atoms with Crippen LogP contribution in [0.1, 0.15) is 13.8 Å². The molecule has 28 heavy (non-hydrogen) atoms. The highest BCUT2D eigenvalue weighted by Gasteiger charge is 2.57. The number of hydrogen-bond donors (Lipinski definition) is 3. The molecule has 0 aliphatic carbocycles. The highest BCUT2D eigenvalue weighted by Crippen LogP contribution is 2.38. The van der Waals surface area contributed by atoms with Crippen LogP contribution in [0.4, 0.5) is 4.39 Å². The molecular weight excluding hydrogens is 371 g/mol. The number of halogens is 1. The molecule has 1 saturated heterocycles. The van der Waals surface area contributed by atoms with Crippen molar-refractivity contribution in [2.45, 2.75) is 44.0 Å². The van der Waals surface area contributed by atoms with E-state index < -0.39 is 49.3 Å². The molecule has 0 saturated carbocycles. The molecule has 2 aliphatic rings. The first-order valence-corrected chi connectivity index (χ1v) is 8.68. The molecule has 0 radical (unpaired) electrons. The predicted molar refractivity (Wildman–Crippen MR) is 98.7 cm³/mol. The van der Waals surface area contributed by atoms with Crippen LogP contribution in [0.15, 0.2) is 41.4 Å². The summed E-state index contributed by atoms with van der Waals surface area (Å²) in [7, 11) is 0. The molecule has 0 bridgehead atoms. The lowest BCUT2D eigenvalue weighted by molar-refractivity contribution is -0.167. The quantitative estimate of drug-likeness (QED) is 0.248. The zero-order chi connectivity index (χ0) is 21.1. The molecule has 0 amide bonds. The lowest BCUT2D eigenvalue weighted by Gasteiger charge is -2.33. The Hall–Kier alpha value is -2.59. The molecule has 0 aromatic heterocycles. The van der Waals surface area contributed by atoms with Gasteiger partial charge in [0.25, 0.3) is 0 Å². The predicted octanol–water partition coefficient (Wildman–Crippen LogP) is 0.803. The fraction of sp³-hybridized carbons (Fsp3) is 0.588. The van der Waals surface area contributed by atoms with E-state index in [1.807, 2.05) is 0 Å². The largest absolute Gasteiger partial charge is 0.461 e. The van der Waals surface area contributed by atoms with Crippen LogP contribution in [0.3, 0.4) is 0 Å². The van der Waals surface area contributed by atoms with Crippen LogP contribution in [-0.4, -0.2) is 59.3 Å². The molecule has 5 atom stereocenters. The molecule has 1 unspecified atom stereocenters. The second-order valence-electron chi connectivity index (χ2n) is 7.09. The summed E-state index contributed by atoms with van der Waals surface area (Å²) >= 11 is 0. The minimum Gasteiger partial charge on any atom is -0.461 e. The van der Waals surface area contributed by atoms with Crippen molar-refractivity contribution in [1.29, 1.82) is 0 Å². The van der Waals surface area contributed by atoms with Gasteiger partial charge in [-0.25, -0.2) is 4.39 Å². The van der Waals surface area contributed by atoms with Gasteiger partial charge in [0.05, 0.1) is 6.54 Å². The number of nitrogens with two attached hydrogens (primary N) is 2. The number of nitrogens with zero attached hydrogens (tertiary/aromatic N) is 4. The Bertz CT molecular complexity index is 735. The molecular formula is C17H25FN6O4. The van der Waals surface area contributed by atoms with Crippen LogP contribution < -0.4 is 11.5 Å². The molecule has 5 N–H and O–H groups in total. The number of carbonyl (C=O) groups excluding carboxylic acids is 1. The molecule has 10 nitrogen and oxygen atoms in total. The maximum atomic E-state index is 14.9. The van der Waals surface area contributed by atoms with E-state index in [-0.39, 0.29) is 5.92 Å². The Morgan fingerprint density at radius 3 is 2.89 bits per heavy atom. The van der Waals surface area contributed by atoms with E-state index in [1.54, 1.807) is 13.8 Å². The Morgan fingerprint density at radius 2 is 2.32 bits per heavy atom. The van der Waals surface area contributed by atoms with E-state index in [1.165, 1.54) is 23.3 Å². The standard InChI is InChI=1S/C17H25FN6O4/c1-9(2)13(20)16(26)27-8-17(7-22-23-21)14(25)12(18)15(28-17)24-5-4-11(19)6-10(24)3/h4-6,9,12-15,25H,3,7-8,19-20H2,1-2H3/t12-,13?,14+,15-,17-/m1/s1. The van der Waals surface area contributed by atoms with E-state index in [9.17, 15) is 14.3 Å². The minimum absolute atomic E-state index is 0.185. The zero-order valence-electron chi connectivity index (χ0n) is 15.7. The van der Waals surface area contributed by atoms with Crippen molar-refractivity contribution >= 4 is 5.97 Å². The normalized spacial score (nSPS) is 30.8. The van der Waals surface area contributed by atoms with Crippen molar-refractivity contribution < 1.29 is 23.8 Å². The maximum Gasteiger partial charge on any atom is 0.323 e. The van der Waals surface area contributed by atoms with Crippen LogP contribution in [-0.2, 0) is 14.3 Å². The van der Waals surface area contributed by atoms with Crippen LogP contribution in [0.25, 0.3) is 10.4 Å². The third kappa shape index (κ3) is 4.28. The maximum absolute atomic E-state index is 14.9. The van der Waals surface area contributed by atoms with Crippen LogP contribution in [0, 0.1) is 5.92 Å². The SMILES string of the molecule is C=C1C=C(N)C=CN1[C@@H]1O[C@](CN=[N+]=[N-])(COC(=O)C(N)C(C)C)[C@@H](O)[C@H]1F. The Morgan fingerprint density at radius 1 is 1.64 bits per heavy atom. The van der Waals surface area contributed by atoms with Gasteiger partial charge in [0.1, 0.15) is 24.4 Å². The summed E-state index contributed by atoms with van der Waals surface area (Å²) in [5.41, 5.74) is 19.1. The molecule has 2 heterocycles. The molecule has 0 aromatic carbocycles. The number of esters is 1. The van der Waals surface area contributed by atoms with Crippen molar-refractivity contribution in [3.63, 3.8) is 0 Å². The third-order valence-corrected chi connectivity index (χ3v) is 4.69. The van der Waals surface area contributed by atoms with E-state index in [4.69, 9.17) is 26.5 Å². The number of aliphatic hydroxyl groups excluding tert-OH is 1. The molecule has 154 valence electrons. The van der Waals surface area contributed by atoms with Gasteiger partial charge in [-0.05, 0) is 23.6 Å². The highest BCUT2D eigenvalue weighted by atomic mass is 19.1. The first-order valence-electron chi connectivity index (χ1n) is 8.68. The van der Waals surface area contributed by atoms with Crippen molar-refractivity contribution in [2.24, 2.45) is 22.5 Å². The highest BCUT2D eigenvalue weighted by molar-refractivity contribution is 5.75. The molecule has 11 heteroatoms. The number of carbonyl (C=O) groups is 1. The summed E-state index contributed by atoms with van der Waals surface area (Å²) in [6, 6.07) is -0.898. The summed E-state index contributed by atoms with van der Waals surface area (Å²) in [5, 5.41) is 13.9. The van der Waals surface area contributed by atoms with E-state index >= 15 is 0 Å². The summed E-state index contributed by atoms with van der Waals surface area (Å²) in [6.45, 7) is 6.28. The molecule has 1 fully saturated rings. The van der Waals surface area contributed by atoms with Gasteiger partial charge in [-0.15, -0.1) is 0 Å². The van der Waals surface area contributed by atoms with Gasteiger partial charge >= 0.3 is 5.97 Å². The number of alkyl halides is 1. The lowest BCUT2D eigenvalue weighted by atomic mass is 9.96. The molecule has 0 spiro atoms. The van der Waals surface area contributed by atoms with Gasteiger partial charge in [0, 0.05) is 22.5 Å². The van der Waals surface area contributed by atoms with Crippen molar-refractivity contribution in [3.05, 3.63) is 46.8 Å². The average Bonchev–Trinajstić information content (AvgIpc) is 2.89. The van der Waals surface area contributed by atoms with Crippen molar-refractivity contribution in [1.82, 2.24) is 4.90 Å². The number of azide groups is 1. The third-order valence-electron chi connectivity index (χ3n) is 4.69. The van der Waals surface area contributed by atoms with E-state index in [0.717, 1.165) is 0 Å². The Kier molecular flexibility index (Phi) is 6.68. The fourth-order valence-corrected chi connectivity index (χ4v) is 2.87. The number of hydrogen-bond acceptors (Lipinski definition) is 8. The van der Waals surface area contributed by atoms with Crippen LogP contribution in [0.2, 0.25) is 0 Å². The minimum atomic E-state index is -1.90. The second kappa shape index (κ2) is 8.61. The first-order chi connectivity index (χ1) is 13.1. The van der Waals surface area contributed by atoms with E-state index in [0.29, 0.717) is 11.4 Å². The molecule has 2 rings (SSSR count). The zero-order valence-corrected chi connectivity index (χ0v) is 15.7. The number of rotatable bonds is 7. The summed E-state index contributed by atoms with van der Waals surface area (Å²) in [6.07, 6.45) is -0.416. The topological polar surface area (TPSA) is 160 Å². The Balaban J connectivity index is 2.23. The number of aliphatic hydroxyl groups is 1. The van der Waals surface area contributed by atoms with Gasteiger partial charge in [-0.1, -0.05) is 25.5 Å². The molecule has 0 aromatic rings. The molecule has 2 aliphatic heterocycles. The van der Waals surface area contributed by atoms with E-state index in [2.05, 4.69) is 16.6 Å². The summed E-state index contributed by atoms with van der Waals surface area (Å²) < 4.78 is 25.8. The van der Waals surface area contributed by atoms with Crippen molar-refractivity contribution in [3.8, 4) is 0 Å². The van der Waals surface area contributed by atoms with Gasteiger partial charge in [-0.2, -0.15) is 0 Å². The lowest BCUT2D eigenvalue weighted by Crippen LogP contribution is -2.50. The second-order valence-corrected chi connectivity index (χ2v) is 7.09.